The van der Waals surface area contributed by atoms with Gasteiger partial charge in [-0.3, -0.25) is 19.5 Å². The number of fused-ring (bicyclic) bond motifs is 1. The van der Waals surface area contributed by atoms with E-state index in [4.69, 9.17) is 4.74 Å². The zero-order chi connectivity index (χ0) is 26.8. The summed E-state index contributed by atoms with van der Waals surface area (Å²) in [6.45, 7) is 5.07. The number of hydrogen-bond donors (Lipinski definition) is 2. The number of halogens is 2. The van der Waals surface area contributed by atoms with Crippen LogP contribution in [0.2, 0.25) is 0 Å². The Kier molecular flexibility index (Phi) is 7.71. The predicted molar refractivity (Wildman–Crippen MR) is 129 cm³/mol. The van der Waals surface area contributed by atoms with Crippen LogP contribution in [0.5, 0.6) is 0 Å². The minimum atomic E-state index is -3.92. The summed E-state index contributed by atoms with van der Waals surface area (Å²) in [5.74, 6) is -3.55. The van der Waals surface area contributed by atoms with Crippen molar-refractivity contribution < 1.29 is 26.7 Å². The highest BCUT2D eigenvalue weighted by Crippen LogP contribution is 2.29. The Morgan fingerprint density at radius 2 is 1.94 bits per heavy atom. The first-order valence-electron chi connectivity index (χ1n) is 10.8. The number of carbonyl (C=O) groups is 1. The molecule has 3 heterocycles. The van der Waals surface area contributed by atoms with Crippen molar-refractivity contribution >= 4 is 38.9 Å². The van der Waals surface area contributed by atoms with E-state index in [0.717, 1.165) is 9.58 Å². The van der Waals surface area contributed by atoms with Crippen LogP contribution < -0.4 is 15.7 Å². The fourth-order valence-corrected chi connectivity index (χ4v) is 4.40. The lowest BCUT2D eigenvalue weighted by Gasteiger charge is -2.25. The molecule has 3 rings (SSSR count). The molecular formula is C21H25F2N7O5S. The molecule has 3 aromatic rings. The maximum Gasteiger partial charge on any atom is 0.428 e. The van der Waals surface area contributed by atoms with Crippen LogP contribution in [0.3, 0.4) is 0 Å². The first-order valence-corrected chi connectivity index (χ1v) is 12.4. The summed E-state index contributed by atoms with van der Waals surface area (Å²) >= 11 is 0. The Bertz CT molecular complexity index is 1480. The second kappa shape index (κ2) is 10.4. The van der Waals surface area contributed by atoms with Gasteiger partial charge in [-0.15, -0.1) is 0 Å². The van der Waals surface area contributed by atoms with E-state index in [-0.39, 0.29) is 40.8 Å². The lowest BCUT2D eigenvalue weighted by atomic mass is 10.1. The molecule has 0 atom stereocenters. The van der Waals surface area contributed by atoms with E-state index >= 15 is 4.39 Å². The molecule has 3 aromatic heterocycles. The topological polar surface area (TPSA) is 148 Å². The van der Waals surface area contributed by atoms with Crippen LogP contribution in [0.4, 0.5) is 25.3 Å². The van der Waals surface area contributed by atoms with Gasteiger partial charge in [0.25, 0.3) is 5.56 Å². The van der Waals surface area contributed by atoms with Crippen LogP contribution in [0.15, 0.2) is 23.3 Å². The van der Waals surface area contributed by atoms with Gasteiger partial charge in [-0.25, -0.2) is 37.0 Å². The van der Waals surface area contributed by atoms with Gasteiger partial charge in [0, 0.05) is 18.6 Å². The Hall–Kier alpha value is -3.88. The summed E-state index contributed by atoms with van der Waals surface area (Å²) in [4.78, 5) is 36.9. The highest BCUT2D eigenvalue weighted by Gasteiger charge is 2.24. The second-order valence-corrected chi connectivity index (χ2v) is 9.85. The molecule has 0 spiro atoms. The van der Waals surface area contributed by atoms with Crippen molar-refractivity contribution in [2.75, 3.05) is 23.0 Å². The largest absolute Gasteiger partial charge is 0.452 e. The van der Waals surface area contributed by atoms with E-state index in [1.165, 1.54) is 26.4 Å². The van der Waals surface area contributed by atoms with Crippen molar-refractivity contribution in [2.24, 2.45) is 7.05 Å². The Balaban J connectivity index is 2.11. The molecule has 0 radical (unpaired) electrons. The van der Waals surface area contributed by atoms with Crippen molar-refractivity contribution in [3.05, 3.63) is 40.4 Å². The number of ether oxygens (including phenoxy) is 1. The van der Waals surface area contributed by atoms with Crippen LogP contribution >= 0.6 is 0 Å². The number of carbonyl (C=O) groups excluding carboxylic acids is 1. The van der Waals surface area contributed by atoms with Gasteiger partial charge in [0.05, 0.1) is 36.2 Å². The Labute approximate surface area is 205 Å². The fraction of sp³-hybridized carbons (Fsp3) is 0.381. The number of amides is 1. The number of hydrogen-bond acceptors (Lipinski definition) is 9. The maximum absolute atomic E-state index is 15.2. The highest BCUT2D eigenvalue weighted by atomic mass is 32.2. The molecule has 15 heteroatoms. The SMILES string of the molecule is CCCS(=O)(=O)Nc1ncc(F)c(-c2cc3cnc(NN(C(=O)OC)C(C)C)nc3n(C)c2=O)c1F. The minimum absolute atomic E-state index is 0.0294. The second-order valence-electron chi connectivity index (χ2n) is 8.00. The van der Waals surface area contributed by atoms with Gasteiger partial charge >= 0.3 is 6.09 Å². The molecule has 2 N–H and O–H groups in total. The molecule has 12 nitrogen and oxygen atoms in total. The number of sulfonamides is 1. The Morgan fingerprint density at radius 1 is 1.25 bits per heavy atom. The first kappa shape index (κ1) is 26.7. The third-order valence-corrected chi connectivity index (χ3v) is 6.47. The van der Waals surface area contributed by atoms with Crippen LogP contribution in [-0.2, 0) is 21.8 Å². The maximum atomic E-state index is 15.2. The molecular weight excluding hydrogens is 500 g/mol. The summed E-state index contributed by atoms with van der Waals surface area (Å²) in [5, 5.41) is 1.38. The number of hydrazine groups is 1. The molecule has 194 valence electrons. The lowest BCUT2D eigenvalue weighted by molar-refractivity contribution is 0.122. The number of anilines is 2. The molecule has 0 aliphatic rings. The van der Waals surface area contributed by atoms with Gasteiger partial charge in [-0.05, 0) is 26.3 Å². The standard InChI is InChI=1S/C21H25F2N7O5S/c1-6-7-36(33,34)28-17-16(23)15(14(22)10-24-17)13-8-12-9-25-20(26-18(12)29(4)19(13)31)27-30(11(2)3)21(32)35-5/h8-11H,6-7H2,1-5H3,(H,24,28)(H,25,26,27). The molecule has 0 bridgehead atoms. The van der Waals surface area contributed by atoms with Crippen molar-refractivity contribution in [1.82, 2.24) is 24.5 Å². The summed E-state index contributed by atoms with van der Waals surface area (Å²) < 4.78 is 61.8. The van der Waals surface area contributed by atoms with Crippen LogP contribution in [-0.4, -0.2) is 57.9 Å². The van der Waals surface area contributed by atoms with Gasteiger partial charge < -0.3 is 4.74 Å². The normalized spacial score (nSPS) is 11.6. The molecule has 0 aromatic carbocycles. The number of aromatic nitrogens is 4. The van der Waals surface area contributed by atoms with Crippen molar-refractivity contribution in [1.29, 1.82) is 0 Å². The van der Waals surface area contributed by atoms with Gasteiger partial charge in [0.1, 0.15) is 5.65 Å². The average Bonchev–Trinajstić information content (AvgIpc) is 2.82. The van der Waals surface area contributed by atoms with E-state index in [1.54, 1.807) is 20.8 Å². The molecule has 0 saturated carbocycles. The third kappa shape index (κ3) is 5.35. The van der Waals surface area contributed by atoms with Crippen LogP contribution in [0.1, 0.15) is 27.2 Å². The monoisotopic (exact) mass is 525 g/mol. The van der Waals surface area contributed by atoms with Gasteiger partial charge in [0.2, 0.25) is 16.0 Å². The van der Waals surface area contributed by atoms with Crippen molar-refractivity contribution in [3.63, 3.8) is 0 Å². The third-order valence-electron chi connectivity index (χ3n) is 5.02. The summed E-state index contributed by atoms with van der Waals surface area (Å²) in [6.07, 6.45) is 1.50. The molecule has 36 heavy (non-hydrogen) atoms. The number of pyridine rings is 2. The lowest BCUT2D eigenvalue weighted by Crippen LogP contribution is -2.42. The van der Waals surface area contributed by atoms with E-state index in [9.17, 15) is 22.4 Å². The van der Waals surface area contributed by atoms with Gasteiger partial charge in [-0.1, -0.05) is 6.92 Å². The quantitative estimate of drug-likeness (QED) is 0.423. The van der Waals surface area contributed by atoms with Crippen molar-refractivity contribution in [3.8, 4) is 11.1 Å². The number of nitrogens with one attached hydrogen (secondary N) is 2. The highest BCUT2D eigenvalue weighted by molar-refractivity contribution is 7.92. The number of rotatable bonds is 8. The first-order chi connectivity index (χ1) is 16.9. The summed E-state index contributed by atoms with van der Waals surface area (Å²) in [6, 6.07) is 0.859. The summed E-state index contributed by atoms with van der Waals surface area (Å²) in [5.41, 5.74) is 0.855. The molecule has 0 aliphatic carbocycles. The molecule has 1 amide bonds. The number of aryl methyl sites for hydroxylation is 1. The average molecular weight is 526 g/mol. The van der Waals surface area contributed by atoms with Crippen molar-refractivity contribution in [2.45, 2.75) is 33.2 Å². The number of nitrogens with zero attached hydrogens (tertiary/aromatic N) is 5. The van der Waals surface area contributed by atoms with Crippen LogP contribution in [0, 0.1) is 11.6 Å². The van der Waals surface area contributed by atoms with Crippen LogP contribution in [0.25, 0.3) is 22.2 Å². The molecule has 0 fully saturated rings. The van der Waals surface area contributed by atoms with E-state index in [1.807, 2.05) is 4.72 Å². The molecule has 0 unspecified atom stereocenters. The number of methoxy groups -OCH3 is 1. The van der Waals surface area contributed by atoms with E-state index in [0.29, 0.717) is 6.20 Å². The molecule has 0 aliphatic heterocycles. The smallest absolute Gasteiger partial charge is 0.428 e. The van der Waals surface area contributed by atoms with Gasteiger partial charge in [-0.2, -0.15) is 4.98 Å². The van der Waals surface area contributed by atoms with Gasteiger partial charge in [0.15, 0.2) is 17.5 Å². The molecule has 0 saturated heterocycles. The predicted octanol–water partition coefficient (Wildman–Crippen LogP) is 2.62. The van der Waals surface area contributed by atoms with E-state index < -0.39 is 44.7 Å². The fourth-order valence-electron chi connectivity index (χ4n) is 3.32. The summed E-state index contributed by atoms with van der Waals surface area (Å²) in [7, 11) is -1.37. The zero-order valence-electron chi connectivity index (χ0n) is 20.2. The zero-order valence-corrected chi connectivity index (χ0v) is 21.0. The minimum Gasteiger partial charge on any atom is -0.452 e. The Morgan fingerprint density at radius 3 is 2.56 bits per heavy atom. The van der Waals surface area contributed by atoms with E-state index in [2.05, 4.69) is 20.4 Å².